The molecule has 156 valence electrons. The maximum atomic E-state index is 12.2. The molecule has 1 N–H and O–H groups in total. The predicted octanol–water partition coefficient (Wildman–Crippen LogP) is 3.99. The van der Waals surface area contributed by atoms with Crippen molar-refractivity contribution in [2.45, 2.75) is 40.1 Å². The van der Waals surface area contributed by atoms with Crippen LogP contribution in [0, 0.1) is 0 Å². The largest absolute Gasteiger partial charge is 0.488 e. The lowest BCUT2D eigenvalue weighted by Crippen LogP contribution is -2.42. The van der Waals surface area contributed by atoms with Crippen LogP contribution >= 0.6 is 0 Å². The van der Waals surface area contributed by atoms with Gasteiger partial charge in [0.2, 0.25) is 0 Å². The van der Waals surface area contributed by atoms with Crippen LogP contribution in [0.15, 0.2) is 59.8 Å². The molecule has 0 unspecified atom stereocenters. The first-order valence-corrected chi connectivity index (χ1v) is 9.42. The maximum absolute atomic E-state index is 12.2. The van der Waals surface area contributed by atoms with E-state index in [0.29, 0.717) is 23.6 Å². The molecule has 3 rings (SSSR count). The highest BCUT2D eigenvalue weighted by atomic mass is 16.7. The molecule has 1 heterocycles. The number of benzene rings is 2. The van der Waals surface area contributed by atoms with Gasteiger partial charge >= 0.3 is 11.9 Å². The maximum Gasteiger partial charge on any atom is 0.350 e. The van der Waals surface area contributed by atoms with Gasteiger partial charge in [0.15, 0.2) is 11.4 Å². The van der Waals surface area contributed by atoms with E-state index >= 15 is 0 Å². The quantitative estimate of drug-likeness (QED) is 0.334. The minimum atomic E-state index is -1.31. The van der Waals surface area contributed by atoms with Crippen LogP contribution in [0.4, 0.5) is 5.69 Å². The fourth-order valence-corrected chi connectivity index (χ4v) is 2.98. The lowest BCUT2D eigenvalue weighted by atomic mass is 10.1. The number of Topliss-reactive ketones (excluding diaryl/α,β-unsaturated/α-hetero) is 1. The van der Waals surface area contributed by atoms with Gasteiger partial charge < -0.3 is 19.5 Å². The number of cyclic esters (lactones) is 2. The SMILES string of the molecule is CC(=O)c1cc(NC(C)=C2C(=O)OC(C)(C)OC2=O)ccc1OCc1ccccc1. The van der Waals surface area contributed by atoms with Gasteiger partial charge in [0.25, 0.3) is 5.79 Å². The number of nitrogens with one attached hydrogen (secondary N) is 1. The molecule has 1 fully saturated rings. The second-order valence-electron chi connectivity index (χ2n) is 7.35. The molecular weight excluding hydrogens is 386 g/mol. The summed E-state index contributed by atoms with van der Waals surface area (Å²) in [6.45, 7) is 6.29. The lowest BCUT2D eigenvalue weighted by molar-refractivity contribution is -0.222. The van der Waals surface area contributed by atoms with Crippen LogP contribution in [0.3, 0.4) is 0 Å². The van der Waals surface area contributed by atoms with Crippen LogP contribution in [-0.4, -0.2) is 23.5 Å². The number of hydrogen-bond donors (Lipinski definition) is 1. The molecule has 0 amide bonds. The van der Waals surface area contributed by atoms with Crippen molar-refractivity contribution in [2.24, 2.45) is 0 Å². The number of carbonyl (C=O) groups excluding carboxylic acids is 3. The Bertz CT molecular complexity index is 1000. The van der Waals surface area contributed by atoms with Gasteiger partial charge in [-0.3, -0.25) is 4.79 Å². The number of carbonyl (C=O) groups is 3. The molecule has 0 saturated carbocycles. The van der Waals surface area contributed by atoms with Crippen molar-refractivity contribution in [3.8, 4) is 5.75 Å². The number of hydrogen-bond acceptors (Lipinski definition) is 7. The zero-order chi connectivity index (χ0) is 21.9. The Balaban J connectivity index is 1.81. The van der Waals surface area contributed by atoms with E-state index in [1.165, 1.54) is 20.8 Å². The van der Waals surface area contributed by atoms with E-state index in [1.807, 2.05) is 30.3 Å². The second-order valence-corrected chi connectivity index (χ2v) is 7.35. The monoisotopic (exact) mass is 409 g/mol. The van der Waals surface area contributed by atoms with E-state index in [-0.39, 0.29) is 17.1 Å². The van der Waals surface area contributed by atoms with Gasteiger partial charge in [-0.05, 0) is 37.6 Å². The molecular formula is C23H23NO6. The van der Waals surface area contributed by atoms with E-state index in [2.05, 4.69) is 5.32 Å². The number of ether oxygens (including phenoxy) is 3. The molecule has 0 bridgehead atoms. The van der Waals surface area contributed by atoms with Crippen LogP contribution in [0.1, 0.15) is 43.6 Å². The minimum Gasteiger partial charge on any atom is -0.488 e. The third-order valence-electron chi connectivity index (χ3n) is 4.39. The Morgan fingerprint density at radius 3 is 2.23 bits per heavy atom. The Morgan fingerprint density at radius 2 is 1.63 bits per heavy atom. The molecule has 1 saturated heterocycles. The van der Waals surface area contributed by atoms with Crippen LogP contribution < -0.4 is 10.1 Å². The second kappa shape index (κ2) is 8.41. The summed E-state index contributed by atoms with van der Waals surface area (Å²) in [4.78, 5) is 36.5. The normalized spacial score (nSPS) is 15.1. The number of anilines is 1. The van der Waals surface area contributed by atoms with Crippen LogP contribution in [0.5, 0.6) is 5.75 Å². The topological polar surface area (TPSA) is 90.9 Å². The summed E-state index contributed by atoms with van der Waals surface area (Å²) < 4.78 is 16.0. The highest BCUT2D eigenvalue weighted by Gasteiger charge is 2.40. The Kier molecular flexibility index (Phi) is 5.91. The van der Waals surface area contributed by atoms with E-state index in [0.717, 1.165) is 5.56 Å². The van der Waals surface area contributed by atoms with Crippen molar-refractivity contribution < 1.29 is 28.6 Å². The van der Waals surface area contributed by atoms with Gasteiger partial charge in [-0.2, -0.15) is 0 Å². The fraction of sp³-hybridized carbons (Fsp3) is 0.261. The van der Waals surface area contributed by atoms with Crippen molar-refractivity contribution in [2.75, 3.05) is 5.32 Å². The van der Waals surface area contributed by atoms with Crippen molar-refractivity contribution in [1.29, 1.82) is 0 Å². The van der Waals surface area contributed by atoms with E-state index in [9.17, 15) is 14.4 Å². The molecule has 0 aliphatic carbocycles. The number of esters is 2. The molecule has 7 heteroatoms. The molecule has 1 aliphatic heterocycles. The predicted molar refractivity (Wildman–Crippen MR) is 110 cm³/mol. The van der Waals surface area contributed by atoms with E-state index in [1.54, 1.807) is 25.1 Å². The summed E-state index contributed by atoms with van der Waals surface area (Å²) in [5.74, 6) is -2.57. The summed E-state index contributed by atoms with van der Waals surface area (Å²) in [5, 5.41) is 2.97. The minimum absolute atomic E-state index is 0.176. The van der Waals surface area contributed by atoms with E-state index in [4.69, 9.17) is 14.2 Å². The Labute approximate surface area is 174 Å². The van der Waals surface area contributed by atoms with Gasteiger partial charge in [-0.15, -0.1) is 0 Å². The van der Waals surface area contributed by atoms with Crippen molar-refractivity contribution in [3.63, 3.8) is 0 Å². The smallest absolute Gasteiger partial charge is 0.350 e. The average Bonchev–Trinajstić information content (AvgIpc) is 2.66. The van der Waals surface area contributed by atoms with Crippen molar-refractivity contribution in [1.82, 2.24) is 0 Å². The number of rotatable bonds is 6. The van der Waals surface area contributed by atoms with Gasteiger partial charge in [0.1, 0.15) is 12.4 Å². The van der Waals surface area contributed by atoms with Crippen molar-refractivity contribution >= 4 is 23.4 Å². The molecule has 30 heavy (non-hydrogen) atoms. The van der Waals surface area contributed by atoms with Crippen LogP contribution in [0.25, 0.3) is 0 Å². The fourth-order valence-electron chi connectivity index (χ4n) is 2.98. The van der Waals surface area contributed by atoms with Crippen molar-refractivity contribution in [3.05, 3.63) is 70.9 Å². The first kappa shape index (κ1) is 21.1. The van der Waals surface area contributed by atoms with E-state index < -0.39 is 17.7 Å². The highest BCUT2D eigenvalue weighted by molar-refractivity contribution is 6.16. The molecule has 0 radical (unpaired) electrons. The standard InChI is InChI=1S/C23H23NO6/c1-14(20-21(26)29-23(3,4)30-22(20)27)24-17-10-11-19(18(12-17)15(2)25)28-13-16-8-6-5-7-9-16/h5-12,24H,13H2,1-4H3. The third kappa shape index (κ3) is 4.86. The zero-order valence-corrected chi connectivity index (χ0v) is 17.3. The summed E-state index contributed by atoms with van der Waals surface area (Å²) >= 11 is 0. The first-order valence-electron chi connectivity index (χ1n) is 9.42. The Hall–Kier alpha value is -3.61. The summed E-state index contributed by atoms with van der Waals surface area (Å²) in [5.41, 5.74) is 1.91. The summed E-state index contributed by atoms with van der Waals surface area (Å²) in [7, 11) is 0. The van der Waals surface area contributed by atoms with Gasteiger partial charge in [-0.1, -0.05) is 30.3 Å². The molecule has 2 aromatic carbocycles. The Morgan fingerprint density at radius 1 is 1.00 bits per heavy atom. The number of ketones is 1. The molecule has 1 aliphatic rings. The molecule has 0 aromatic heterocycles. The number of allylic oxidation sites excluding steroid dienone is 1. The van der Waals surface area contributed by atoms with Crippen LogP contribution in [-0.2, 0) is 25.7 Å². The summed E-state index contributed by atoms with van der Waals surface area (Å²) in [6.07, 6.45) is 0. The molecule has 2 aromatic rings. The van der Waals surface area contributed by atoms with Gasteiger partial charge in [0, 0.05) is 25.2 Å². The van der Waals surface area contributed by atoms with Gasteiger partial charge in [-0.25, -0.2) is 9.59 Å². The molecule has 7 nitrogen and oxygen atoms in total. The average molecular weight is 409 g/mol. The molecule has 0 atom stereocenters. The molecule has 0 spiro atoms. The van der Waals surface area contributed by atoms with Crippen LogP contribution in [0.2, 0.25) is 0 Å². The highest BCUT2D eigenvalue weighted by Crippen LogP contribution is 2.28. The third-order valence-corrected chi connectivity index (χ3v) is 4.39. The lowest BCUT2D eigenvalue weighted by Gasteiger charge is -2.30. The zero-order valence-electron chi connectivity index (χ0n) is 17.3. The van der Waals surface area contributed by atoms with Gasteiger partial charge in [0.05, 0.1) is 5.56 Å². The summed E-state index contributed by atoms with van der Waals surface area (Å²) in [6, 6.07) is 14.6. The first-order chi connectivity index (χ1) is 14.2.